The van der Waals surface area contributed by atoms with E-state index in [4.69, 9.17) is 4.74 Å². The van der Waals surface area contributed by atoms with Gasteiger partial charge in [0.1, 0.15) is 5.82 Å². The number of benzene rings is 1. The summed E-state index contributed by atoms with van der Waals surface area (Å²) in [5.41, 5.74) is 3.27. The molecule has 0 radical (unpaired) electrons. The molecule has 0 aliphatic carbocycles. The topological polar surface area (TPSA) is 144 Å². The molecule has 0 bridgehead atoms. The number of aliphatic hydroxyl groups is 2. The van der Waals surface area contributed by atoms with Crippen LogP contribution in [0.3, 0.4) is 0 Å². The lowest BCUT2D eigenvalue weighted by Gasteiger charge is -2.28. The van der Waals surface area contributed by atoms with Gasteiger partial charge in [0.2, 0.25) is 5.91 Å². The zero-order chi connectivity index (χ0) is 26.7. The van der Waals surface area contributed by atoms with Crippen molar-refractivity contribution in [1.29, 1.82) is 0 Å². The number of nitrogens with zero attached hydrogens (tertiary/aromatic N) is 1. The summed E-state index contributed by atoms with van der Waals surface area (Å²) in [6.45, 7) is 5.21. The van der Waals surface area contributed by atoms with E-state index in [2.05, 4.69) is 15.6 Å². The molecule has 10 nitrogen and oxygen atoms in total. The van der Waals surface area contributed by atoms with E-state index in [1.165, 1.54) is 18.2 Å². The number of aromatic amines is 1. The SMILES string of the molecule is Cc1[nH]c(/C=C2\C(=O)Nc3ccc(F)cc32)c(C)c1C(=O)NCC(O)CC(O)CC(=O)N1CCOCC1. The van der Waals surface area contributed by atoms with Crippen LogP contribution in [0.1, 0.15) is 45.7 Å². The van der Waals surface area contributed by atoms with E-state index in [1.54, 1.807) is 24.8 Å². The first-order valence-corrected chi connectivity index (χ1v) is 12.2. The molecule has 0 spiro atoms. The summed E-state index contributed by atoms with van der Waals surface area (Å²) in [7, 11) is 0. The van der Waals surface area contributed by atoms with Crippen molar-refractivity contribution in [2.24, 2.45) is 0 Å². The highest BCUT2D eigenvalue weighted by Crippen LogP contribution is 2.34. The number of anilines is 1. The van der Waals surface area contributed by atoms with Crippen LogP contribution in [0.4, 0.5) is 10.1 Å². The van der Waals surface area contributed by atoms with E-state index in [-0.39, 0.29) is 36.8 Å². The van der Waals surface area contributed by atoms with Gasteiger partial charge in [0, 0.05) is 48.7 Å². The Morgan fingerprint density at radius 3 is 2.68 bits per heavy atom. The molecule has 5 N–H and O–H groups in total. The second-order valence-electron chi connectivity index (χ2n) is 9.32. The lowest BCUT2D eigenvalue weighted by Crippen LogP contribution is -2.42. The van der Waals surface area contributed by atoms with Crippen LogP contribution in [0.2, 0.25) is 0 Å². The fraction of sp³-hybridized carbons (Fsp3) is 0.423. The molecular weight excluding hydrogens is 483 g/mol. The number of H-pyrrole nitrogens is 1. The van der Waals surface area contributed by atoms with Gasteiger partial charge >= 0.3 is 0 Å². The van der Waals surface area contributed by atoms with Crippen LogP contribution in [0.5, 0.6) is 0 Å². The maximum Gasteiger partial charge on any atom is 0.256 e. The summed E-state index contributed by atoms with van der Waals surface area (Å²) in [5.74, 6) is -1.47. The monoisotopic (exact) mass is 514 g/mol. The summed E-state index contributed by atoms with van der Waals surface area (Å²) in [6, 6.07) is 4.04. The number of aryl methyl sites for hydroxylation is 1. The van der Waals surface area contributed by atoms with E-state index < -0.39 is 23.9 Å². The number of morpholine rings is 1. The number of hydrogen-bond acceptors (Lipinski definition) is 6. The maximum absolute atomic E-state index is 13.7. The van der Waals surface area contributed by atoms with Crippen LogP contribution in [-0.4, -0.2) is 82.9 Å². The number of rotatable bonds is 8. The van der Waals surface area contributed by atoms with E-state index >= 15 is 0 Å². The first kappa shape index (κ1) is 26.5. The summed E-state index contributed by atoms with van der Waals surface area (Å²) >= 11 is 0. The molecule has 3 amide bonds. The van der Waals surface area contributed by atoms with Crippen molar-refractivity contribution in [1.82, 2.24) is 15.2 Å². The Balaban J connectivity index is 1.36. The highest BCUT2D eigenvalue weighted by atomic mass is 19.1. The van der Waals surface area contributed by atoms with Gasteiger partial charge in [-0.05, 0) is 43.7 Å². The molecule has 4 rings (SSSR count). The van der Waals surface area contributed by atoms with Gasteiger partial charge in [0.15, 0.2) is 0 Å². The number of aliphatic hydroxyl groups excluding tert-OH is 2. The summed E-state index contributed by atoms with van der Waals surface area (Å²) in [4.78, 5) is 42.3. The Bertz CT molecular complexity index is 1230. The van der Waals surface area contributed by atoms with Gasteiger partial charge in [-0.3, -0.25) is 14.4 Å². The number of aromatic nitrogens is 1. The third-order valence-electron chi connectivity index (χ3n) is 6.57. The zero-order valence-corrected chi connectivity index (χ0v) is 20.8. The van der Waals surface area contributed by atoms with Crippen LogP contribution < -0.4 is 10.6 Å². The van der Waals surface area contributed by atoms with Crippen molar-refractivity contribution < 1.29 is 33.7 Å². The predicted octanol–water partition coefficient (Wildman–Crippen LogP) is 1.35. The fourth-order valence-corrected chi connectivity index (χ4v) is 4.63. The summed E-state index contributed by atoms with van der Waals surface area (Å²) in [5, 5.41) is 25.9. The van der Waals surface area contributed by atoms with Crippen molar-refractivity contribution in [2.45, 2.75) is 38.9 Å². The third kappa shape index (κ3) is 6.07. The first-order chi connectivity index (χ1) is 17.6. The van der Waals surface area contributed by atoms with Gasteiger partial charge in [-0.1, -0.05) is 0 Å². The standard InChI is InChI=1S/C26H31FN4O6/c1-14-22(12-20-19-9-16(27)3-4-21(19)30-25(20)35)29-15(2)24(14)26(36)28-13-18(33)10-17(32)11-23(34)31-5-7-37-8-6-31/h3-4,9,12,17-18,29,32-33H,5-8,10-11,13H2,1-2H3,(H,28,36)(H,30,35)/b20-12-. The molecule has 1 aromatic carbocycles. The molecule has 2 aromatic rings. The minimum Gasteiger partial charge on any atom is -0.392 e. The van der Waals surface area contributed by atoms with Gasteiger partial charge in [-0.2, -0.15) is 0 Å². The smallest absolute Gasteiger partial charge is 0.256 e. The van der Waals surface area contributed by atoms with Crippen molar-refractivity contribution in [3.8, 4) is 0 Å². The van der Waals surface area contributed by atoms with Crippen LogP contribution in [0.25, 0.3) is 11.6 Å². The van der Waals surface area contributed by atoms with Gasteiger partial charge in [-0.25, -0.2) is 4.39 Å². The largest absolute Gasteiger partial charge is 0.392 e. The molecular formula is C26H31FN4O6. The molecule has 11 heteroatoms. The van der Waals surface area contributed by atoms with Gasteiger partial charge < -0.3 is 35.5 Å². The van der Waals surface area contributed by atoms with Gasteiger partial charge in [0.05, 0.1) is 43.0 Å². The lowest BCUT2D eigenvalue weighted by molar-refractivity contribution is -0.137. The number of fused-ring (bicyclic) bond motifs is 1. The van der Waals surface area contributed by atoms with Crippen LogP contribution >= 0.6 is 0 Å². The molecule has 0 saturated carbocycles. The Morgan fingerprint density at radius 1 is 1.22 bits per heavy atom. The Labute approximate surface area is 213 Å². The van der Waals surface area contributed by atoms with Crippen LogP contribution in [-0.2, 0) is 14.3 Å². The highest BCUT2D eigenvalue weighted by Gasteiger charge is 2.27. The Morgan fingerprint density at radius 2 is 1.95 bits per heavy atom. The summed E-state index contributed by atoms with van der Waals surface area (Å²) in [6.07, 6.45) is -0.687. The van der Waals surface area contributed by atoms with Crippen molar-refractivity contribution >= 4 is 35.1 Å². The fourth-order valence-electron chi connectivity index (χ4n) is 4.63. The molecule has 1 saturated heterocycles. The molecule has 1 fully saturated rings. The van der Waals surface area contributed by atoms with Crippen LogP contribution in [0, 0.1) is 19.7 Å². The van der Waals surface area contributed by atoms with Crippen molar-refractivity contribution in [2.75, 3.05) is 38.2 Å². The van der Waals surface area contributed by atoms with E-state index in [0.717, 1.165) is 0 Å². The number of halogens is 1. The second kappa shape index (κ2) is 11.2. The number of nitrogens with one attached hydrogen (secondary N) is 3. The van der Waals surface area contributed by atoms with Gasteiger partial charge in [0.25, 0.3) is 11.8 Å². The van der Waals surface area contributed by atoms with Crippen molar-refractivity contribution in [3.63, 3.8) is 0 Å². The maximum atomic E-state index is 13.7. The van der Waals surface area contributed by atoms with Crippen LogP contribution in [0.15, 0.2) is 18.2 Å². The van der Waals surface area contributed by atoms with E-state index in [0.29, 0.717) is 60.1 Å². The van der Waals surface area contributed by atoms with Crippen molar-refractivity contribution in [3.05, 3.63) is 52.1 Å². The molecule has 2 unspecified atom stereocenters. The number of carbonyl (C=O) groups excluding carboxylic acids is 3. The number of ether oxygens (including phenoxy) is 1. The minimum atomic E-state index is -1.05. The molecule has 198 valence electrons. The number of amides is 3. The molecule has 37 heavy (non-hydrogen) atoms. The molecule has 3 heterocycles. The minimum absolute atomic E-state index is 0.0656. The lowest BCUT2D eigenvalue weighted by atomic mass is 10.0. The number of carbonyl (C=O) groups is 3. The van der Waals surface area contributed by atoms with Gasteiger partial charge in [-0.15, -0.1) is 0 Å². The number of hydrogen-bond donors (Lipinski definition) is 5. The molecule has 2 atom stereocenters. The average molecular weight is 515 g/mol. The average Bonchev–Trinajstić information content (AvgIpc) is 3.32. The molecule has 2 aliphatic rings. The zero-order valence-electron chi connectivity index (χ0n) is 20.8. The first-order valence-electron chi connectivity index (χ1n) is 12.2. The molecule has 2 aliphatic heterocycles. The van der Waals surface area contributed by atoms with E-state index in [9.17, 15) is 29.0 Å². The summed E-state index contributed by atoms with van der Waals surface area (Å²) < 4.78 is 19.0. The highest BCUT2D eigenvalue weighted by molar-refractivity contribution is 6.34. The molecule has 1 aromatic heterocycles. The van der Waals surface area contributed by atoms with E-state index in [1.807, 2.05) is 0 Å². The quantitative estimate of drug-likeness (QED) is 0.337. The Hall–Kier alpha value is -3.54. The normalized spacial score (nSPS) is 17.9. The predicted molar refractivity (Wildman–Crippen MR) is 134 cm³/mol. The third-order valence-corrected chi connectivity index (χ3v) is 6.57. The second-order valence-corrected chi connectivity index (χ2v) is 9.32. The Kier molecular flexibility index (Phi) is 8.06.